The van der Waals surface area contributed by atoms with Crippen LogP contribution in [-0.2, 0) is 15.8 Å². The summed E-state index contributed by atoms with van der Waals surface area (Å²) in [6, 6.07) is 11.0. The summed E-state index contributed by atoms with van der Waals surface area (Å²) >= 11 is 0. The summed E-state index contributed by atoms with van der Waals surface area (Å²) in [5.74, 6) is -0.777. The van der Waals surface area contributed by atoms with E-state index in [4.69, 9.17) is 5.11 Å². The highest BCUT2D eigenvalue weighted by atomic mass is 31.2. The van der Waals surface area contributed by atoms with Gasteiger partial charge in [0, 0.05) is 17.0 Å². The number of rotatable bonds is 7. The molecule has 4 nitrogen and oxygen atoms in total. The van der Waals surface area contributed by atoms with Crippen LogP contribution in [0.15, 0.2) is 36.4 Å². The standard InChI is InChI=1S/C20H25O4P/c1-14-12-15(2)20(16(3)13-14)25(23,24)18-10-8-17(9-11-18)6-4-5-7-19(21)22/h8-13H,4-7H2,1-3H3,(H,21,22)(H,23,24). The predicted molar refractivity (Wildman–Crippen MR) is 101 cm³/mol. The quantitative estimate of drug-likeness (QED) is 0.584. The van der Waals surface area contributed by atoms with Crippen molar-refractivity contribution in [3.63, 3.8) is 0 Å². The van der Waals surface area contributed by atoms with E-state index in [0.29, 0.717) is 17.0 Å². The summed E-state index contributed by atoms with van der Waals surface area (Å²) in [6.45, 7) is 5.72. The van der Waals surface area contributed by atoms with Gasteiger partial charge in [-0.15, -0.1) is 0 Å². The maximum absolute atomic E-state index is 13.1. The Morgan fingerprint density at radius 1 is 1.00 bits per heavy atom. The maximum atomic E-state index is 13.1. The van der Waals surface area contributed by atoms with Crippen molar-refractivity contribution in [2.75, 3.05) is 0 Å². The summed E-state index contributed by atoms with van der Waals surface area (Å²) in [5, 5.41) is 9.60. The van der Waals surface area contributed by atoms with Crippen LogP contribution in [0, 0.1) is 20.8 Å². The highest BCUT2D eigenvalue weighted by Crippen LogP contribution is 2.40. The van der Waals surface area contributed by atoms with Crippen molar-refractivity contribution in [3.8, 4) is 0 Å². The van der Waals surface area contributed by atoms with E-state index >= 15 is 0 Å². The largest absolute Gasteiger partial charge is 0.481 e. The molecular weight excluding hydrogens is 335 g/mol. The average molecular weight is 360 g/mol. The summed E-state index contributed by atoms with van der Waals surface area (Å²) in [5.41, 5.74) is 3.80. The Bertz CT molecular complexity index is 786. The number of aliphatic carboxylic acids is 1. The van der Waals surface area contributed by atoms with E-state index in [1.54, 1.807) is 12.1 Å². The summed E-state index contributed by atoms with van der Waals surface area (Å²) in [7, 11) is -3.63. The molecular formula is C20H25O4P. The number of unbranched alkanes of at least 4 members (excludes halogenated alkanes) is 1. The fourth-order valence-electron chi connectivity index (χ4n) is 3.25. The molecule has 2 N–H and O–H groups in total. The smallest absolute Gasteiger partial charge is 0.303 e. The van der Waals surface area contributed by atoms with Crippen LogP contribution in [0.2, 0.25) is 0 Å². The van der Waals surface area contributed by atoms with Gasteiger partial charge in [0.2, 0.25) is 0 Å². The summed E-state index contributed by atoms with van der Waals surface area (Å²) in [6.07, 6.45) is 2.37. The van der Waals surface area contributed by atoms with Gasteiger partial charge in [-0.1, -0.05) is 29.8 Å². The van der Waals surface area contributed by atoms with Crippen molar-refractivity contribution in [1.29, 1.82) is 0 Å². The van der Waals surface area contributed by atoms with Gasteiger partial charge in [0.05, 0.1) is 0 Å². The molecule has 2 aromatic carbocycles. The lowest BCUT2D eigenvalue weighted by Gasteiger charge is -2.18. The van der Waals surface area contributed by atoms with Gasteiger partial charge >= 0.3 is 5.97 Å². The first-order valence-electron chi connectivity index (χ1n) is 8.44. The number of hydrogen-bond acceptors (Lipinski definition) is 2. The first-order chi connectivity index (χ1) is 11.7. The molecule has 1 atom stereocenters. The van der Waals surface area contributed by atoms with Crippen molar-refractivity contribution in [2.24, 2.45) is 0 Å². The van der Waals surface area contributed by atoms with Crippen LogP contribution in [0.1, 0.15) is 41.5 Å². The molecule has 5 heteroatoms. The molecule has 25 heavy (non-hydrogen) atoms. The molecule has 0 radical (unpaired) electrons. The van der Waals surface area contributed by atoms with Crippen molar-refractivity contribution in [1.82, 2.24) is 0 Å². The number of hydrogen-bond donors (Lipinski definition) is 2. The number of carboxylic acids is 1. The highest BCUT2D eigenvalue weighted by Gasteiger charge is 2.28. The molecule has 0 saturated heterocycles. The van der Waals surface area contributed by atoms with E-state index in [2.05, 4.69) is 0 Å². The zero-order valence-corrected chi connectivity index (χ0v) is 15.8. The minimum atomic E-state index is -3.63. The number of carboxylic acid groups (broad SMARTS) is 1. The third-order valence-corrected chi connectivity index (χ3v) is 6.64. The Balaban J connectivity index is 2.18. The van der Waals surface area contributed by atoms with Gasteiger partial charge in [0.15, 0.2) is 0 Å². The second-order valence-corrected chi connectivity index (χ2v) is 8.71. The van der Waals surface area contributed by atoms with Gasteiger partial charge in [-0.05, 0) is 68.9 Å². The van der Waals surface area contributed by atoms with Gasteiger partial charge in [-0.25, -0.2) is 0 Å². The van der Waals surface area contributed by atoms with Gasteiger partial charge in [-0.2, -0.15) is 0 Å². The lowest BCUT2D eigenvalue weighted by molar-refractivity contribution is -0.137. The molecule has 1 unspecified atom stereocenters. The van der Waals surface area contributed by atoms with Crippen molar-refractivity contribution in [3.05, 3.63) is 58.7 Å². The van der Waals surface area contributed by atoms with Gasteiger partial charge < -0.3 is 10.00 Å². The molecule has 2 rings (SSSR count). The minimum Gasteiger partial charge on any atom is -0.481 e. The molecule has 0 bridgehead atoms. The monoisotopic (exact) mass is 360 g/mol. The normalized spacial score (nSPS) is 13.4. The maximum Gasteiger partial charge on any atom is 0.303 e. The zero-order valence-electron chi connectivity index (χ0n) is 15.0. The Morgan fingerprint density at radius 2 is 1.56 bits per heavy atom. The van der Waals surface area contributed by atoms with E-state index in [9.17, 15) is 14.3 Å². The van der Waals surface area contributed by atoms with E-state index in [1.807, 2.05) is 45.0 Å². The van der Waals surface area contributed by atoms with E-state index in [-0.39, 0.29) is 6.42 Å². The van der Waals surface area contributed by atoms with Crippen molar-refractivity contribution < 1.29 is 19.4 Å². The first kappa shape index (κ1) is 19.4. The molecule has 0 saturated carbocycles. The van der Waals surface area contributed by atoms with E-state index < -0.39 is 13.3 Å². The highest BCUT2D eigenvalue weighted by molar-refractivity contribution is 7.73. The molecule has 2 aromatic rings. The second kappa shape index (κ2) is 7.99. The minimum absolute atomic E-state index is 0.176. The lowest BCUT2D eigenvalue weighted by Crippen LogP contribution is -2.21. The van der Waals surface area contributed by atoms with Crippen molar-refractivity contribution >= 4 is 23.9 Å². The van der Waals surface area contributed by atoms with Crippen molar-refractivity contribution in [2.45, 2.75) is 46.5 Å². The van der Waals surface area contributed by atoms with Crippen LogP contribution in [-0.4, -0.2) is 16.0 Å². The lowest BCUT2D eigenvalue weighted by atomic mass is 10.1. The average Bonchev–Trinajstić information content (AvgIpc) is 2.50. The third kappa shape index (κ3) is 4.81. The van der Waals surface area contributed by atoms with E-state index in [1.165, 1.54) is 0 Å². The Labute approximate surface area is 149 Å². The third-order valence-electron chi connectivity index (χ3n) is 4.33. The number of benzene rings is 2. The van der Waals surface area contributed by atoms with Gasteiger partial charge in [0.1, 0.15) is 0 Å². The van der Waals surface area contributed by atoms with Crippen LogP contribution in [0.3, 0.4) is 0 Å². The van der Waals surface area contributed by atoms with E-state index in [0.717, 1.165) is 35.1 Å². The molecule has 0 fully saturated rings. The SMILES string of the molecule is Cc1cc(C)c(P(=O)(O)c2ccc(CCCCC(=O)O)cc2)c(C)c1. The summed E-state index contributed by atoms with van der Waals surface area (Å²) < 4.78 is 13.1. The predicted octanol–water partition coefficient (Wildman–Crippen LogP) is 3.63. The van der Waals surface area contributed by atoms with Crippen LogP contribution in [0.25, 0.3) is 0 Å². The summed E-state index contributed by atoms with van der Waals surface area (Å²) in [4.78, 5) is 21.3. The Hall–Kier alpha value is -1.90. The molecule has 0 aliphatic carbocycles. The number of aryl methyl sites for hydroxylation is 4. The van der Waals surface area contributed by atoms with Crippen LogP contribution in [0.4, 0.5) is 0 Å². The van der Waals surface area contributed by atoms with Gasteiger partial charge in [-0.3, -0.25) is 9.36 Å². The Morgan fingerprint density at radius 3 is 2.08 bits per heavy atom. The molecule has 0 aromatic heterocycles. The molecule has 0 heterocycles. The molecule has 0 spiro atoms. The van der Waals surface area contributed by atoms with Crippen LogP contribution >= 0.6 is 7.37 Å². The van der Waals surface area contributed by atoms with Crippen LogP contribution < -0.4 is 10.6 Å². The zero-order chi connectivity index (χ0) is 18.6. The fourth-order valence-corrected chi connectivity index (χ4v) is 5.15. The first-order valence-corrected chi connectivity index (χ1v) is 10.1. The number of carbonyl (C=O) groups is 1. The van der Waals surface area contributed by atoms with Gasteiger partial charge in [0.25, 0.3) is 7.37 Å². The fraction of sp³-hybridized carbons (Fsp3) is 0.350. The molecule has 0 amide bonds. The second-order valence-electron chi connectivity index (χ2n) is 6.59. The topological polar surface area (TPSA) is 74.6 Å². The molecule has 0 aliphatic rings. The van der Waals surface area contributed by atoms with Crippen LogP contribution in [0.5, 0.6) is 0 Å². The Kier molecular flexibility index (Phi) is 6.21. The molecule has 134 valence electrons. The molecule has 0 aliphatic heterocycles.